The van der Waals surface area contributed by atoms with E-state index in [9.17, 15) is 14.4 Å². The topological polar surface area (TPSA) is 154 Å². The maximum atomic E-state index is 13.7. The van der Waals surface area contributed by atoms with Crippen molar-refractivity contribution < 1.29 is 23.9 Å². The van der Waals surface area contributed by atoms with Crippen LogP contribution in [-0.4, -0.2) is 57.6 Å². The first-order valence-corrected chi connectivity index (χ1v) is 15.4. The Morgan fingerprint density at radius 3 is 2.46 bits per heavy atom. The van der Waals surface area contributed by atoms with Crippen molar-refractivity contribution in [3.05, 3.63) is 83.8 Å². The van der Waals surface area contributed by atoms with Crippen molar-refractivity contribution in [3.63, 3.8) is 0 Å². The van der Waals surface area contributed by atoms with E-state index >= 15 is 0 Å². The van der Waals surface area contributed by atoms with Crippen LogP contribution < -0.4 is 16.0 Å². The summed E-state index contributed by atoms with van der Waals surface area (Å²) in [5.74, 6) is 0.550. The fourth-order valence-corrected chi connectivity index (χ4v) is 4.71. The molecule has 0 aliphatic carbocycles. The third-order valence-corrected chi connectivity index (χ3v) is 7.11. The number of esters is 2. The Morgan fingerprint density at radius 2 is 1.76 bits per heavy atom. The van der Waals surface area contributed by atoms with Gasteiger partial charge in [0, 0.05) is 43.0 Å². The van der Waals surface area contributed by atoms with Gasteiger partial charge < -0.3 is 25.1 Å². The summed E-state index contributed by atoms with van der Waals surface area (Å²) in [5.41, 5.74) is 9.66. The SMILES string of the molecule is CCCOC(=O)CCN(C(=O)c1ccc2c(c1)nc(CNc1ccc(/C(N)=N\C(C)OC(=O)CCC)cc1)n2C)c1ccccn1. The van der Waals surface area contributed by atoms with Gasteiger partial charge in [-0.3, -0.25) is 19.3 Å². The second-order valence-electron chi connectivity index (χ2n) is 10.7. The van der Waals surface area contributed by atoms with E-state index in [-0.39, 0.29) is 36.6 Å². The van der Waals surface area contributed by atoms with Crippen LogP contribution in [-0.2, 0) is 32.7 Å². The number of pyridine rings is 1. The van der Waals surface area contributed by atoms with E-state index in [1.54, 1.807) is 43.5 Å². The van der Waals surface area contributed by atoms with Crippen LogP contribution in [0.5, 0.6) is 0 Å². The molecule has 0 saturated carbocycles. The van der Waals surface area contributed by atoms with Crippen molar-refractivity contribution in [1.82, 2.24) is 14.5 Å². The maximum absolute atomic E-state index is 13.7. The summed E-state index contributed by atoms with van der Waals surface area (Å²) in [6.07, 6.45) is 2.77. The molecule has 1 amide bonds. The first-order chi connectivity index (χ1) is 22.2. The molecule has 0 bridgehead atoms. The summed E-state index contributed by atoms with van der Waals surface area (Å²) in [7, 11) is 1.92. The Bertz CT molecular complexity index is 1670. The van der Waals surface area contributed by atoms with Crippen LogP contribution in [0.25, 0.3) is 11.0 Å². The van der Waals surface area contributed by atoms with Crippen LogP contribution in [0.15, 0.2) is 71.9 Å². The van der Waals surface area contributed by atoms with E-state index in [2.05, 4.69) is 15.3 Å². The second-order valence-corrected chi connectivity index (χ2v) is 10.7. The number of hydrogen-bond acceptors (Lipinski definition) is 9. The van der Waals surface area contributed by atoms with Gasteiger partial charge in [-0.2, -0.15) is 0 Å². The zero-order valence-electron chi connectivity index (χ0n) is 26.7. The third kappa shape index (κ3) is 8.90. The molecule has 242 valence electrons. The average Bonchev–Trinajstić information content (AvgIpc) is 3.37. The highest BCUT2D eigenvalue weighted by molar-refractivity contribution is 6.07. The lowest BCUT2D eigenvalue weighted by Crippen LogP contribution is -2.34. The molecule has 2 aromatic carbocycles. The standard InChI is InChI=1S/C34H41N7O5/c1-5-9-32(43)46-23(3)38-33(35)24-11-14-26(15-12-24)37-22-30-39-27-21-25(13-16-28(27)40(30)4)34(44)41(29-10-7-8-18-36-29)19-17-31(42)45-20-6-2/h7-8,10-16,18,21,23,37H,5-6,9,17,19-20,22H2,1-4H3,(H2,35,38). The Hall–Kier alpha value is -5.26. The van der Waals surface area contributed by atoms with E-state index in [1.807, 2.05) is 55.8 Å². The lowest BCUT2D eigenvalue weighted by molar-refractivity contribution is -0.148. The number of carbonyl (C=O) groups excluding carboxylic acids is 3. The van der Waals surface area contributed by atoms with Gasteiger partial charge in [-0.1, -0.05) is 19.9 Å². The number of amidine groups is 1. The van der Waals surface area contributed by atoms with E-state index < -0.39 is 6.23 Å². The van der Waals surface area contributed by atoms with E-state index in [1.165, 1.54) is 4.90 Å². The fourth-order valence-electron chi connectivity index (χ4n) is 4.71. The Morgan fingerprint density at radius 1 is 1.00 bits per heavy atom. The summed E-state index contributed by atoms with van der Waals surface area (Å²) in [4.78, 5) is 52.4. The number of imidazole rings is 1. The van der Waals surface area contributed by atoms with Gasteiger partial charge in [0.2, 0.25) is 0 Å². The smallest absolute Gasteiger partial charge is 0.307 e. The number of nitrogens with one attached hydrogen (secondary N) is 1. The molecule has 1 atom stereocenters. The van der Waals surface area contributed by atoms with Gasteiger partial charge in [0.1, 0.15) is 17.5 Å². The average molecular weight is 628 g/mol. The van der Waals surface area contributed by atoms with Crippen molar-refractivity contribution in [2.45, 2.75) is 59.2 Å². The molecule has 4 rings (SSSR count). The molecule has 1 unspecified atom stereocenters. The Labute approximate surface area is 268 Å². The number of amides is 1. The molecular formula is C34H41N7O5. The number of rotatable bonds is 15. The van der Waals surface area contributed by atoms with Crippen molar-refractivity contribution >= 4 is 46.2 Å². The molecule has 12 heteroatoms. The zero-order valence-corrected chi connectivity index (χ0v) is 26.7. The quantitative estimate of drug-likeness (QED) is 0.106. The highest BCUT2D eigenvalue weighted by atomic mass is 16.6. The number of benzene rings is 2. The summed E-state index contributed by atoms with van der Waals surface area (Å²) in [6, 6.07) is 18.1. The summed E-state index contributed by atoms with van der Waals surface area (Å²) in [5, 5.41) is 3.37. The van der Waals surface area contributed by atoms with Crippen molar-refractivity contribution in [2.24, 2.45) is 17.8 Å². The molecule has 0 spiro atoms. The van der Waals surface area contributed by atoms with Crippen LogP contribution >= 0.6 is 0 Å². The number of aromatic nitrogens is 3. The first kappa shape index (κ1) is 33.6. The van der Waals surface area contributed by atoms with Crippen molar-refractivity contribution in [3.8, 4) is 0 Å². The molecule has 12 nitrogen and oxygen atoms in total. The fraction of sp³-hybridized carbons (Fsp3) is 0.353. The van der Waals surface area contributed by atoms with Gasteiger partial charge in [0.05, 0.1) is 30.6 Å². The minimum atomic E-state index is -0.669. The Kier molecular flexibility index (Phi) is 11.8. The number of aryl methyl sites for hydroxylation is 1. The van der Waals surface area contributed by atoms with Crippen LogP contribution in [0.3, 0.4) is 0 Å². The Balaban J connectivity index is 1.44. The zero-order chi connectivity index (χ0) is 33.1. The first-order valence-electron chi connectivity index (χ1n) is 15.4. The predicted molar refractivity (Wildman–Crippen MR) is 177 cm³/mol. The molecule has 0 aliphatic heterocycles. The van der Waals surface area contributed by atoms with Gasteiger partial charge in [-0.15, -0.1) is 0 Å². The van der Waals surface area contributed by atoms with Crippen LogP contribution in [0.1, 0.15) is 68.2 Å². The number of fused-ring (bicyclic) bond motifs is 1. The molecule has 2 aromatic heterocycles. The minimum absolute atomic E-state index is 0.0535. The van der Waals surface area contributed by atoms with E-state index in [0.29, 0.717) is 48.5 Å². The molecule has 0 fully saturated rings. The predicted octanol–water partition coefficient (Wildman–Crippen LogP) is 4.97. The van der Waals surface area contributed by atoms with Crippen molar-refractivity contribution in [2.75, 3.05) is 23.4 Å². The second kappa shape index (κ2) is 16.2. The van der Waals surface area contributed by atoms with Crippen LogP contribution in [0.4, 0.5) is 11.5 Å². The lowest BCUT2D eigenvalue weighted by Gasteiger charge is -2.21. The van der Waals surface area contributed by atoms with Crippen LogP contribution in [0, 0.1) is 0 Å². The van der Waals surface area contributed by atoms with Gasteiger partial charge >= 0.3 is 11.9 Å². The normalized spacial score (nSPS) is 12.0. The van der Waals surface area contributed by atoms with E-state index in [0.717, 1.165) is 23.4 Å². The van der Waals surface area contributed by atoms with Gasteiger partial charge in [-0.05, 0) is 74.4 Å². The monoisotopic (exact) mass is 627 g/mol. The van der Waals surface area contributed by atoms with Crippen LogP contribution in [0.2, 0.25) is 0 Å². The van der Waals surface area contributed by atoms with Gasteiger partial charge in [0.15, 0.2) is 6.23 Å². The van der Waals surface area contributed by atoms with Crippen molar-refractivity contribution in [1.29, 1.82) is 0 Å². The lowest BCUT2D eigenvalue weighted by atomic mass is 10.1. The number of ether oxygens (including phenoxy) is 2. The molecule has 46 heavy (non-hydrogen) atoms. The molecular weight excluding hydrogens is 586 g/mol. The third-order valence-electron chi connectivity index (χ3n) is 7.11. The number of aliphatic imine (C=N–C) groups is 1. The molecule has 0 radical (unpaired) electrons. The largest absolute Gasteiger partial charge is 0.466 e. The number of hydrogen-bond donors (Lipinski definition) is 2. The molecule has 0 saturated heterocycles. The molecule has 2 heterocycles. The summed E-state index contributed by atoms with van der Waals surface area (Å²) in [6.45, 7) is 6.42. The van der Waals surface area contributed by atoms with Gasteiger partial charge in [-0.25, -0.2) is 15.0 Å². The highest BCUT2D eigenvalue weighted by Crippen LogP contribution is 2.21. The molecule has 4 aromatic rings. The van der Waals surface area contributed by atoms with E-state index in [4.69, 9.17) is 20.2 Å². The maximum Gasteiger partial charge on any atom is 0.307 e. The molecule has 0 aliphatic rings. The number of nitrogens with two attached hydrogens (primary N) is 1. The molecule has 3 N–H and O–H groups in total. The minimum Gasteiger partial charge on any atom is -0.466 e. The van der Waals surface area contributed by atoms with Gasteiger partial charge in [0.25, 0.3) is 5.91 Å². The highest BCUT2D eigenvalue weighted by Gasteiger charge is 2.21. The number of anilines is 2. The number of nitrogens with zero attached hydrogens (tertiary/aromatic N) is 5. The summed E-state index contributed by atoms with van der Waals surface area (Å²) >= 11 is 0. The summed E-state index contributed by atoms with van der Waals surface area (Å²) < 4.78 is 12.4. The number of carbonyl (C=O) groups is 3.